The van der Waals surface area contributed by atoms with Crippen molar-refractivity contribution < 1.29 is 31.4 Å². The number of alkyl halides is 3. The zero-order valence-electron chi connectivity index (χ0n) is 10.4. The van der Waals surface area contributed by atoms with Gasteiger partial charge in [-0.2, -0.15) is 13.2 Å². The molecule has 0 spiro atoms. The Morgan fingerprint density at radius 2 is 1.75 bits per heavy atom. The summed E-state index contributed by atoms with van der Waals surface area (Å²) < 4.78 is 67.5. The first-order chi connectivity index (χ1) is 9.27. The number of nitrogens with one attached hydrogen (secondary N) is 1. The lowest BCUT2D eigenvalue weighted by atomic mass is 10.2. The quantitative estimate of drug-likeness (QED) is 0.736. The van der Waals surface area contributed by atoms with Gasteiger partial charge in [0.05, 0.1) is 30.3 Å². The SMILES string of the molecule is O=S(=O)(NCCOCCO)c1ccc(C(F)(F)F)cc1. The molecule has 0 saturated carbocycles. The molecule has 0 aromatic heterocycles. The monoisotopic (exact) mass is 313 g/mol. The molecule has 1 aromatic carbocycles. The van der Waals surface area contributed by atoms with Crippen molar-refractivity contribution in [1.29, 1.82) is 0 Å². The molecule has 0 heterocycles. The number of hydrogen-bond acceptors (Lipinski definition) is 4. The zero-order chi connectivity index (χ0) is 15.2. The van der Waals surface area contributed by atoms with Gasteiger partial charge in [0.15, 0.2) is 0 Å². The minimum atomic E-state index is -4.51. The number of halogens is 3. The van der Waals surface area contributed by atoms with Gasteiger partial charge in [0.2, 0.25) is 10.0 Å². The second-order valence-corrected chi connectivity index (χ2v) is 5.52. The van der Waals surface area contributed by atoms with Gasteiger partial charge in [0, 0.05) is 6.54 Å². The number of aliphatic hydroxyl groups excluding tert-OH is 1. The summed E-state index contributed by atoms with van der Waals surface area (Å²) in [6.45, 7) is -0.0720. The molecule has 1 aromatic rings. The fraction of sp³-hybridized carbons (Fsp3) is 0.455. The zero-order valence-corrected chi connectivity index (χ0v) is 11.2. The summed E-state index contributed by atoms with van der Waals surface area (Å²) in [5, 5.41) is 8.44. The molecule has 0 amide bonds. The molecule has 0 aliphatic carbocycles. The van der Waals surface area contributed by atoms with Crippen LogP contribution in [0.25, 0.3) is 0 Å². The van der Waals surface area contributed by atoms with Crippen molar-refractivity contribution in [3.05, 3.63) is 29.8 Å². The summed E-state index contributed by atoms with van der Waals surface area (Å²) in [4.78, 5) is -0.257. The summed E-state index contributed by atoms with van der Waals surface area (Å²) in [5.41, 5.74) is -0.914. The summed E-state index contributed by atoms with van der Waals surface area (Å²) in [6, 6.07) is 3.19. The van der Waals surface area contributed by atoms with Crippen LogP contribution in [0.15, 0.2) is 29.2 Å². The van der Waals surface area contributed by atoms with Gasteiger partial charge in [0.25, 0.3) is 0 Å². The maximum absolute atomic E-state index is 12.3. The number of ether oxygens (including phenoxy) is 1. The first-order valence-corrected chi connectivity index (χ1v) is 7.11. The summed E-state index contributed by atoms with van der Waals surface area (Å²) in [6.07, 6.45) is -4.51. The number of hydrogen-bond donors (Lipinski definition) is 2. The van der Waals surface area contributed by atoms with E-state index in [-0.39, 0.29) is 31.3 Å². The van der Waals surface area contributed by atoms with E-state index in [4.69, 9.17) is 9.84 Å². The standard InChI is InChI=1S/C11H14F3NO4S/c12-11(13,14)9-1-3-10(4-2-9)20(17,18)15-5-7-19-8-6-16/h1-4,15-16H,5-8H2. The van der Waals surface area contributed by atoms with E-state index in [1.54, 1.807) is 0 Å². The fourth-order valence-electron chi connectivity index (χ4n) is 1.32. The lowest BCUT2D eigenvalue weighted by molar-refractivity contribution is -0.137. The lowest BCUT2D eigenvalue weighted by Crippen LogP contribution is -2.27. The van der Waals surface area contributed by atoms with E-state index in [1.165, 1.54) is 0 Å². The van der Waals surface area contributed by atoms with Crippen LogP contribution in [0.3, 0.4) is 0 Å². The van der Waals surface area contributed by atoms with Gasteiger partial charge in [-0.25, -0.2) is 13.1 Å². The van der Waals surface area contributed by atoms with Crippen molar-refractivity contribution in [2.24, 2.45) is 0 Å². The second-order valence-electron chi connectivity index (χ2n) is 3.76. The lowest BCUT2D eigenvalue weighted by Gasteiger charge is -2.09. The molecule has 0 aliphatic rings. The molecule has 0 fully saturated rings. The van der Waals surface area contributed by atoms with E-state index in [1.807, 2.05) is 0 Å². The molecule has 114 valence electrons. The second kappa shape index (κ2) is 7.02. The number of aliphatic hydroxyl groups is 1. The van der Waals surface area contributed by atoms with Crippen molar-refractivity contribution in [3.8, 4) is 0 Å². The third-order valence-electron chi connectivity index (χ3n) is 2.27. The van der Waals surface area contributed by atoms with Crippen LogP contribution >= 0.6 is 0 Å². The molecule has 5 nitrogen and oxygen atoms in total. The highest BCUT2D eigenvalue weighted by Gasteiger charge is 2.30. The van der Waals surface area contributed by atoms with E-state index in [0.29, 0.717) is 12.1 Å². The molecule has 0 saturated heterocycles. The molecule has 1 rings (SSSR count). The Morgan fingerprint density at radius 3 is 2.25 bits per heavy atom. The number of sulfonamides is 1. The van der Waals surface area contributed by atoms with Crippen molar-refractivity contribution in [1.82, 2.24) is 4.72 Å². The Morgan fingerprint density at radius 1 is 1.15 bits per heavy atom. The smallest absolute Gasteiger partial charge is 0.394 e. The van der Waals surface area contributed by atoms with E-state index in [9.17, 15) is 21.6 Å². The highest BCUT2D eigenvalue weighted by Crippen LogP contribution is 2.29. The van der Waals surface area contributed by atoms with Crippen LogP contribution in [-0.2, 0) is 20.9 Å². The van der Waals surface area contributed by atoms with Crippen LogP contribution in [-0.4, -0.2) is 39.9 Å². The van der Waals surface area contributed by atoms with Crippen LogP contribution in [0.5, 0.6) is 0 Å². The van der Waals surface area contributed by atoms with Gasteiger partial charge in [-0.1, -0.05) is 0 Å². The van der Waals surface area contributed by atoms with Crippen LogP contribution in [0.4, 0.5) is 13.2 Å². The van der Waals surface area contributed by atoms with Crippen LogP contribution in [0.2, 0.25) is 0 Å². The van der Waals surface area contributed by atoms with Crippen molar-refractivity contribution in [2.45, 2.75) is 11.1 Å². The topological polar surface area (TPSA) is 75.6 Å². The van der Waals surface area contributed by atoms with Crippen LogP contribution in [0.1, 0.15) is 5.56 Å². The van der Waals surface area contributed by atoms with Gasteiger partial charge in [-0.15, -0.1) is 0 Å². The van der Waals surface area contributed by atoms with E-state index in [2.05, 4.69) is 4.72 Å². The normalized spacial score (nSPS) is 12.6. The Hall–Kier alpha value is -1.16. The maximum Gasteiger partial charge on any atom is 0.416 e. The first-order valence-electron chi connectivity index (χ1n) is 5.63. The van der Waals surface area contributed by atoms with Gasteiger partial charge in [-0.3, -0.25) is 0 Å². The molecule has 0 unspecified atom stereocenters. The van der Waals surface area contributed by atoms with Crippen molar-refractivity contribution in [3.63, 3.8) is 0 Å². The van der Waals surface area contributed by atoms with E-state index in [0.717, 1.165) is 12.1 Å². The Balaban J connectivity index is 2.64. The minimum Gasteiger partial charge on any atom is -0.394 e. The first kappa shape index (κ1) is 16.9. The minimum absolute atomic E-state index is 0.0383. The van der Waals surface area contributed by atoms with Crippen molar-refractivity contribution in [2.75, 3.05) is 26.4 Å². The summed E-state index contributed by atoms with van der Waals surface area (Å²) in [7, 11) is -3.87. The van der Waals surface area contributed by atoms with Crippen molar-refractivity contribution >= 4 is 10.0 Å². The van der Waals surface area contributed by atoms with E-state index >= 15 is 0 Å². The summed E-state index contributed by atoms with van der Waals surface area (Å²) in [5.74, 6) is 0. The van der Waals surface area contributed by atoms with Gasteiger partial charge in [0.1, 0.15) is 0 Å². The molecule has 0 radical (unpaired) electrons. The molecule has 0 bridgehead atoms. The molecular weight excluding hydrogens is 299 g/mol. The third kappa shape index (κ3) is 5.08. The van der Waals surface area contributed by atoms with Crippen LogP contribution in [0, 0.1) is 0 Å². The molecular formula is C11H14F3NO4S. The highest BCUT2D eigenvalue weighted by molar-refractivity contribution is 7.89. The predicted molar refractivity (Wildman–Crippen MR) is 64.5 cm³/mol. The average molecular weight is 313 g/mol. The molecule has 9 heteroatoms. The molecule has 2 N–H and O–H groups in total. The molecule has 20 heavy (non-hydrogen) atoms. The summed E-state index contributed by atoms with van der Waals surface area (Å²) >= 11 is 0. The Labute approximate surface area is 114 Å². The largest absolute Gasteiger partial charge is 0.416 e. The van der Waals surface area contributed by atoms with Gasteiger partial charge >= 0.3 is 6.18 Å². The fourth-order valence-corrected chi connectivity index (χ4v) is 2.33. The third-order valence-corrected chi connectivity index (χ3v) is 3.74. The maximum atomic E-state index is 12.3. The van der Waals surface area contributed by atoms with Crippen LogP contribution < -0.4 is 4.72 Å². The molecule has 0 aliphatic heterocycles. The van der Waals surface area contributed by atoms with E-state index < -0.39 is 21.8 Å². The van der Waals surface area contributed by atoms with Gasteiger partial charge in [-0.05, 0) is 24.3 Å². The average Bonchev–Trinajstić information content (AvgIpc) is 2.37. The highest BCUT2D eigenvalue weighted by atomic mass is 32.2. The number of rotatable bonds is 7. The Kier molecular flexibility index (Phi) is 5.93. The predicted octanol–water partition coefficient (Wildman–Crippen LogP) is 0.993. The Bertz CT molecular complexity index is 513. The number of benzene rings is 1. The molecule has 0 atom stereocenters. The van der Waals surface area contributed by atoms with Gasteiger partial charge < -0.3 is 9.84 Å².